The van der Waals surface area contributed by atoms with Gasteiger partial charge in [0.25, 0.3) is 0 Å². The van der Waals surface area contributed by atoms with Gasteiger partial charge in [-0.25, -0.2) is 4.39 Å². The van der Waals surface area contributed by atoms with Crippen molar-refractivity contribution in [3.05, 3.63) is 88.2 Å². The summed E-state index contributed by atoms with van der Waals surface area (Å²) < 4.78 is 60.4. The van der Waals surface area contributed by atoms with Crippen molar-refractivity contribution in [2.45, 2.75) is 72.5 Å². The molecule has 0 aliphatic heterocycles. The van der Waals surface area contributed by atoms with Gasteiger partial charge in [-0.2, -0.15) is 13.2 Å². The summed E-state index contributed by atoms with van der Waals surface area (Å²) in [5, 5.41) is 3.39. The molecule has 0 spiro atoms. The van der Waals surface area contributed by atoms with E-state index in [2.05, 4.69) is 5.32 Å². The Morgan fingerprint density at radius 1 is 1.18 bits per heavy atom. The minimum absolute atomic E-state index is 0.168. The van der Waals surface area contributed by atoms with Crippen LogP contribution in [0.5, 0.6) is 0 Å². The first kappa shape index (κ1) is 26.5. The van der Waals surface area contributed by atoms with Gasteiger partial charge >= 0.3 is 6.18 Å². The van der Waals surface area contributed by atoms with Crippen molar-refractivity contribution in [3.63, 3.8) is 0 Å². The van der Waals surface area contributed by atoms with Crippen molar-refractivity contribution in [3.8, 4) is 0 Å². The molecule has 1 aliphatic carbocycles. The number of halogens is 4. The van der Waals surface area contributed by atoms with Gasteiger partial charge in [0.15, 0.2) is 0 Å². The zero-order chi connectivity index (χ0) is 24.6. The maximum Gasteiger partial charge on any atom is 0.416 e. The van der Waals surface area contributed by atoms with Gasteiger partial charge in [0.05, 0.1) is 11.6 Å². The van der Waals surface area contributed by atoms with E-state index in [-0.39, 0.29) is 18.3 Å². The quantitative estimate of drug-likeness (QED) is 0.236. The normalized spacial score (nSPS) is 18.0. The Bertz CT molecular complexity index is 959. The third-order valence-electron chi connectivity index (χ3n) is 5.30. The lowest BCUT2D eigenvalue weighted by molar-refractivity contribution is -0.0884. The summed E-state index contributed by atoms with van der Waals surface area (Å²) in [6.45, 7) is 9.06. The van der Waals surface area contributed by atoms with Crippen LogP contribution in [0.25, 0.3) is 0 Å². The Labute approximate surface area is 194 Å². The topological polar surface area (TPSA) is 21.3 Å². The average molecular weight is 464 g/mol. The molecule has 1 aliphatic rings. The fourth-order valence-corrected chi connectivity index (χ4v) is 3.74. The Balaban J connectivity index is 2.45. The Kier molecular flexibility index (Phi) is 9.56. The number of nitrogens with one attached hydrogen (secondary N) is 1. The van der Waals surface area contributed by atoms with E-state index in [9.17, 15) is 17.6 Å². The second kappa shape index (κ2) is 11.9. The molecule has 0 saturated heterocycles. The number of hydrogen-bond donors (Lipinski definition) is 1. The minimum Gasteiger partial charge on any atom is -0.459 e. The van der Waals surface area contributed by atoms with Crippen LogP contribution in [0.1, 0.15) is 60.3 Å². The maximum atomic E-state index is 13.6. The molecule has 0 saturated carbocycles. The van der Waals surface area contributed by atoms with Gasteiger partial charge in [-0.05, 0) is 94.9 Å². The number of alkyl halides is 3. The predicted molar refractivity (Wildman–Crippen MR) is 127 cm³/mol. The van der Waals surface area contributed by atoms with Crippen LogP contribution >= 0.6 is 0 Å². The van der Waals surface area contributed by atoms with E-state index in [1.54, 1.807) is 38.1 Å². The van der Waals surface area contributed by atoms with Crippen LogP contribution in [0, 0.1) is 5.82 Å². The molecule has 0 fully saturated rings. The van der Waals surface area contributed by atoms with E-state index in [1.165, 1.54) is 18.2 Å². The van der Waals surface area contributed by atoms with E-state index in [1.807, 2.05) is 20.8 Å². The monoisotopic (exact) mass is 463 g/mol. The predicted octanol–water partition coefficient (Wildman–Crippen LogP) is 8.78. The molecule has 180 valence electrons. The summed E-state index contributed by atoms with van der Waals surface area (Å²) in [5.41, 5.74) is 2.23. The first-order valence-electron chi connectivity index (χ1n) is 11.3. The summed E-state index contributed by atoms with van der Waals surface area (Å²) in [4.78, 5) is 0. The lowest BCUT2D eigenvalue weighted by Crippen LogP contribution is -2.27. The summed E-state index contributed by atoms with van der Waals surface area (Å²) >= 11 is 0. The average Bonchev–Trinajstić information content (AvgIpc) is 2.73. The van der Waals surface area contributed by atoms with Crippen LogP contribution in [-0.4, -0.2) is 12.2 Å². The standard InChI is InChI=1S/C27H33F4NO/c1-6-9-20(17-21(10-7-2)27(29,30)31)25(18(3)4)33-26-19(5)11-8-12-24(26)32-23-15-13-22(28)14-16-23/h6,9-10,13-17,24,32H,7-8,11-12H2,1-5H3/b9-6-,20-17+,21-10-. The van der Waals surface area contributed by atoms with Crippen molar-refractivity contribution in [2.24, 2.45) is 0 Å². The molecule has 0 amide bonds. The Morgan fingerprint density at radius 3 is 2.39 bits per heavy atom. The van der Waals surface area contributed by atoms with Crippen molar-refractivity contribution < 1.29 is 22.3 Å². The first-order valence-corrected chi connectivity index (χ1v) is 11.3. The number of anilines is 1. The van der Waals surface area contributed by atoms with Gasteiger partial charge in [0.1, 0.15) is 17.3 Å². The highest BCUT2D eigenvalue weighted by Gasteiger charge is 2.32. The zero-order valence-corrected chi connectivity index (χ0v) is 19.9. The van der Waals surface area contributed by atoms with Crippen LogP contribution in [0.3, 0.4) is 0 Å². The smallest absolute Gasteiger partial charge is 0.416 e. The first-order chi connectivity index (χ1) is 15.6. The molecule has 1 atom stereocenters. The Morgan fingerprint density at radius 2 is 1.85 bits per heavy atom. The third kappa shape index (κ3) is 7.65. The number of ether oxygens (including phenoxy) is 1. The fourth-order valence-electron chi connectivity index (χ4n) is 3.74. The number of rotatable bonds is 8. The van der Waals surface area contributed by atoms with Crippen LogP contribution in [-0.2, 0) is 4.74 Å². The van der Waals surface area contributed by atoms with Gasteiger partial charge in [-0.1, -0.05) is 25.2 Å². The SMILES string of the molecule is C\C=C/C(=C\C(=C\CC)C(F)(F)F)C(OC1=C(C)CCCC1Nc1ccc(F)cc1)=C(C)C. The zero-order valence-electron chi connectivity index (χ0n) is 19.9. The van der Waals surface area contributed by atoms with E-state index in [4.69, 9.17) is 4.74 Å². The Hall–Kier alpha value is -2.76. The lowest BCUT2D eigenvalue weighted by Gasteiger charge is -2.30. The van der Waals surface area contributed by atoms with Crippen LogP contribution in [0.2, 0.25) is 0 Å². The van der Waals surface area contributed by atoms with Crippen LogP contribution in [0.15, 0.2) is 82.4 Å². The molecule has 1 unspecified atom stereocenters. The second-order valence-electron chi connectivity index (χ2n) is 8.34. The molecule has 6 heteroatoms. The third-order valence-corrected chi connectivity index (χ3v) is 5.30. The van der Waals surface area contributed by atoms with Crippen LogP contribution < -0.4 is 5.32 Å². The van der Waals surface area contributed by atoms with Crippen molar-refractivity contribution in [1.82, 2.24) is 0 Å². The second-order valence-corrected chi connectivity index (χ2v) is 8.34. The van der Waals surface area contributed by atoms with E-state index in [0.717, 1.165) is 42.2 Å². The van der Waals surface area contributed by atoms with Gasteiger partial charge < -0.3 is 10.1 Å². The summed E-state index contributed by atoms with van der Waals surface area (Å²) in [6.07, 6.45) is 4.08. The highest BCUT2D eigenvalue weighted by molar-refractivity contribution is 5.48. The molecule has 33 heavy (non-hydrogen) atoms. The molecule has 1 aromatic carbocycles. The van der Waals surface area contributed by atoms with Crippen molar-refractivity contribution >= 4 is 5.69 Å². The molecular weight excluding hydrogens is 430 g/mol. The van der Waals surface area contributed by atoms with E-state index >= 15 is 0 Å². The van der Waals surface area contributed by atoms with Crippen LogP contribution in [0.4, 0.5) is 23.2 Å². The summed E-state index contributed by atoms with van der Waals surface area (Å²) in [7, 11) is 0. The molecule has 1 N–H and O–H groups in total. The number of hydrogen-bond acceptors (Lipinski definition) is 2. The molecule has 0 radical (unpaired) electrons. The summed E-state index contributed by atoms with van der Waals surface area (Å²) in [5.74, 6) is 0.785. The van der Waals surface area contributed by atoms with Gasteiger partial charge in [0.2, 0.25) is 0 Å². The summed E-state index contributed by atoms with van der Waals surface area (Å²) in [6, 6.07) is 5.92. The molecule has 1 aromatic rings. The molecule has 0 aromatic heterocycles. The van der Waals surface area contributed by atoms with Crippen molar-refractivity contribution in [2.75, 3.05) is 5.32 Å². The maximum absolute atomic E-state index is 13.6. The minimum atomic E-state index is -4.46. The number of benzene rings is 1. The molecule has 0 heterocycles. The van der Waals surface area contributed by atoms with Crippen molar-refractivity contribution in [1.29, 1.82) is 0 Å². The largest absolute Gasteiger partial charge is 0.459 e. The fraction of sp³-hybridized carbons (Fsp3) is 0.407. The van der Waals surface area contributed by atoms with Gasteiger partial charge in [-0.3, -0.25) is 0 Å². The highest BCUT2D eigenvalue weighted by atomic mass is 19.4. The number of allylic oxidation sites excluding steroid dienone is 7. The van der Waals surface area contributed by atoms with E-state index < -0.39 is 11.7 Å². The van der Waals surface area contributed by atoms with E-state index in [0.29, 0.717) is 17.1 Å². The van der Waals surface area contributed by atoms with Gasteiger partial charge in [-0.15, -0.1) is 0 Å². The lowest BCUT2D eigenvalue weighted by atomic mass is 9.94. The highest BCUT2D eigenvalue weighted by Crippen LogP contribution is 2.35. The van der Waals surface area contributed by atoms with Gasteiger partial charge in [0, 0.05) is 11.3 Å². The molecule has 2 nitrogen and oxygen atoms in total. The molecule has 2 rings (SSSR count). The molecular formula is C27H33F4NO. The molecule has 0 bridgehead atoms.